The molecule has 4 aliphatic rings. The number of hydrogen-bond donors (Lipinski definition) is 0. The van der Waals surface area contributed by atoms with Crippen molar-refractivity contribution < 1.29 is 9.59 Å². The molecule has 1 fully saturated rings. The number of carbonyl (C=O) groups is 2. The summed E-state index contributed by atoms with van der Waals surface area (Å²) in [6.07, 6.45) is 0.788. The van der Waals surface area contributed by atoms with Gasteiger partial charge in [0, 0.05) is 11.3 Å². The van der Waals surface area contributed by atoms with Gasteiger partial charge in [-0.3, -0.25) is 9.59 Å². The molecule has 0 aromatic heterocycles. The van der Waals surface area contributed by atoms with Gasteiger partial charge in [0.15, 0.2) is 0 Å². The van der Waals surface area contributed by atoms with E-state index >= 15 is 0 Å². The van der Waals surface area contributed by atoms with Crippen molar-refractivity contribution in [3.8, 4) is 0 Å². The monoisotopic (exact) mass is 379 g/mol. The van der Waals surface area contributed by atoms with Gasteiger partial charge in [0.1, 0.15) is 0 Å². The van der Waals surface area contributed by atoms with Crippen LogP contribution in [0.15, 0.2) is 78.9 Å². The van der Waals surface area contributed by atoms with Crippen molar-refractivity contribution in [3.05, 3.63) is 101 Å². The van der Waals surface area contributed by atoms with Crippen molar-refractivity contribution in [1.29, 1.82) is 0 Å². The lowest BCUT2D eigenvalue weighted by Crippen LogP contribution is -2.53. The minimum atomic E-state index is -0.455. The van der Waals surface area contributed by atoms with Gasteiger partial charge in [-0.25, -0.2) is 4.90 Å². The molecule has 2 amide bonds. The molecule has 3 aliphatic carbocycles. The maximum atomic E-state index is 13.8. The Kier molecular flexibility index (Phi) is 3.27. The van der Waals surface area contributed by atoms with E-state index in [2.05, 4.69) is 55.5 Å². The molecule has 2 unspecified atom stereocenters. The third-order valence-electron chi connectivity index (χ3n) is 7.37. The molecule has 29 heavy (non-hydrogen) atoms. The summed E-state index contributed by atoms with van der Waals surface area (Å²) in [5, 5.41) is 0. The van der Waals surface area contributed by atoms with E-state index in [0.717, 1.165) is 6.42 Å². The predicted octanol–water partition coefficient (Wildman–Crippen LogP) is 4.65. The fourth-order valence-corrected chi connectivity index (χ4v) is 6.36. The fraction of sp³-hybridized carbons (Fsp3) is 0.231. The molecule has 2 bridgehead atoms. The van der Waals surface area contributed by atoms with Gasteiger partial charge in [0.25, 0.3) is 0 Å². The number of amides is 2. The quantitative estimate of drug-likeness (QED) is 0.608. The smallest absolute Gasteiger partial charge is 0.238 e. The summed E-state index contributed by atoms with van der Waals surface area (Å²) in [6.45, 7) is 2.15. The molecule has 2 atom stereocenters. The average Bonchev–Trinajstić information content (AvgIpc) is 3.05. The number of carbonyl (C=O) groups excluding carboxylic acids is 2. The highest BCUT2D eigenvalue weighted by Crippen LogP contribution is 2.65. The minimum absolute atomic E-state index is 0.0537. The highest BCUT2D eigenvalue weighted by molar-refractivity contribution is 6.23. The largest absolute Gasteiger partial charge is 0.274 e. The molecule has 1 aliphatic heterocycles. The van der Waals surface area contributed by atoms with Crippen LogP contribution in [0.4, 0.5) is 5.69 Å². The van der Waals surface area contributed by atoms with Gasteiger partial charge < -0.3 is 0 Å². The van der Waals surface area contributed by atoms with Crippen LogP contribution in [0, 0.1) is 11.8 Å². The van der Waals surface area contributed by atoms with E-state index in [1.165, 1.54) is 27.2 Å². The Labute approximate surface area is 170 Å². The number of imide groups is 1. The molecule has 142 valence electrons. The Morgan fingerprint density at radius 3 is 1.90 bits per heavy atom. The van der Waals surface area contributed by atoms with Crippen LogP contribution in [0.3, 0.4) is 0 Å². The van der Waals surface area contributed by atoms with Crippen LogP contribution in [0.2, 0.25) is 0 Å². The van der Waals surface area contributed by atoms with E-state index in [-0.39, 0.29) is 29.6 Å². The molecule has 0 radical (unpaired) electrons. The van der Waals surface area contributed by atoms with Crippen LogP contribution in [0.1, 0.15) is 41.5 Å². The van der Waals surface area contributed by atoms with Gasteiger partial charge in [0.2, 0.25) is 11.8 Å². The Morgan fingerprint density at radius 1 is 0.759 bits per heavy atom. The van der Waals surface area contributed by atoms with Gasteiger partial charge in [0.05, 0.1) is 17.5 Å². The van der Waals surface area contributed by atoms with Crippen molar-refractivity contribution >= 4 is 17.5 Å². The van der Waals surface area contributed by atoms with E-state index in [0.29, 0.717) is 5.69 Å². The van der Waals surface area contributed by atoms with Gasteiger partial charge in [-0.2, -0.15) is 0 Å². The zero-order chi connectivity index (χ0) is 19.8. The van der Waals surface area contributed by atoms with Crippen molar-refractivity contribution in [2.75, 3.05) is 4.90 Å². The molecule has 0 spiro atoms. The summed E-state index contributed by atoms with van der Waals surface area (Å²) in [5.41, 5.74) is 5.10. The zero-order valence-corrected chi connectivity index (χ0v) is 16.2. The predicted molar refractivity (Wildman–Crippen MR) is 112 cm³/mol. The summed E-state index contributed by atoms with van der Waals surface area (Å²) in [6, 6.07) is 26.2. The lowest BCUT2D eigenvalue weighted by Gasteiger charge is -2.54. The van der Waals surface area contributed by atoms with Crippen molar-refractivity contribution in [2.45, 2.75) is 24.7 Å². The van der Waals surface area contributed by atoms with Crippen LogP contribution in [-0.4, -0.2) is 11.8 Å². The first-order valence-corrected chi connectivity index (χ1v) is 10.3. The topological polar surface area (TPSA) is 37.4 Å². The summed E-state index contributed by atoms with van der Waals surface area (Å²) < 4.78 is 0. The molecule has 1 saturated heterocycles. The first-order valence-electron chi connectivity index (χ1n) is 10.3. The number of nitrogens with zero attached hydrogens (tertiary/aromatic N) is 1. The second kappa shape index (κ2) is 5.66. The molecule has 0 N–H and O–H groups in total. The number of para-hydroxylation sites is 1. The Bertz CT molecular complexity index is 1120. The lowest BCUT2D eigenvalue weighted by molar-refractivity contribution is -0.123. The van der Waals surface area contributed by atoms with Crippen molar-refractivity contribution in [2.24, 2.45) is 11.8 Å². The van der Waals surface area contributed by atoms with E-state index in [4.69, 9.17) is 0 Å². The van der Waals surface area contributed by atoms with E-state index in [9.17, 15) is 9.59 Å². The van der Waals surface area contributed by atoms with Crippen LogP contribution < -0.4 is 4.90 Å². The second-order valence-corrected chi connectivity index (χ2v) is 8.33. The molecular weight excluding hydrogens is 358 g/mol. The van der Waals surface area contributed by atoms with Crippen LogP contribution in [-0.2, 0) is 15.0 Å². The SMILES string of the molecule is CCC12c3ccccc3C(c3ccccc31)C1C(=O)N(c3ccccc3)C(=O)C12. The first kappa shape index (κ1) is 16.7. The van der Waals surface area contributed by atoms with Crippen LogP contribution >= 0.6 is 0 Å². The van der Waals surface area contributed by atoms with E-state index in [1.54, 1.807) is 0 Å². The molecule has 3 nitrogen and oxygen atoms in total. The Morgan fingerprint density at radius 2 is 1.31 bits per heavy atom. The summed E-state index contributed by atoms with van der Waals surface area (Å²) in [4.78, 5) is 29.0. The Balaban J connectivity index is 1.66. The molecule has 1 heterocycles. The number of rotatable bonds is 2. The van der Waals surface area contributed by atoms with Gasteiger partial charge in [-0.05, 0) is 40.8 Å². The third kappa shape index (κ3) is 1.84. The fourth-order valence-electron chi connectivity index (χ4n) is 6.36. The van der Waals surface area contributed by atoms with E-state index in [1.807, 2.05) is 30.3 Å². The lowest BCUT2D eigenvalue weighted by atomic mass is 9.46. The van der Waals surface area contributed by atoms with Crippen LogP contribution in [0.25, 0.3) is 0 Å². The highest BCUT2D eigenvalue weighted by atomic mass is 16.2. The summed E-state index contributed by atoms with van der Waals surface area (Å²) >= 11 is 0. The maximum Gasteiger partial charge on any atom is 0.238 e. The van der Waals surface area contributed by atoms with Gasteiger partial charge >= 0.3 is 0 Å². The van der Waals surface area contributed by atoms with Crippen molar-refractivity contribution in [1.82, 2.24) is 0 Å². The maximum absolute atomic E-state index is 13.8. The van der Waals surface area contributed by atoms with Gasteiger partial charge in [-0.15, -0.1) is 0 Å². The molecule has 7 rings (SSSR count). The number of hydrogen-bond acceptors (Lipinski definition) is 2. The normalized spacial score (nSPS) is 28.9. The number of benzene rings is 3. The number of anilines is 1. The van der Waals surface area contributed by atoms with Gasteiger partial charge in [-0.1, -0.05) is 73.7 Å². The molecule has 0 saturated carbocycles. The zero-order valence-electron chi connectivity index (χ0n) is 16.2. The minimum Gasteiger partial charge on any atom is -0.274 e. The average molecular weight is 379 g/mol. The molecular formula is C26H21NO2. The standard InChI is InChI=1S/C26H21NO2/c1-2-26-19-14-8-6-12-17(19)21(18-13-7-9-15-20(18)26)22-23(26)25(29)27(24(22)28)16-10-4-3-5-11-16/h3-15,21-23H,2H2,1H3. The second-order valence-electron chi connectivity index (χ2n) is 8.33. The van der Waals surface area contributed by atoms with Crippen LogP contribution in [0.5, 0.6) is 0 Å². The van der Waals surface area contributed by atoms with E-state index < -0.39 is 5.41 Å². The van der Waals surface area contributed by atoms with Crippen molar-refractivity contribution in [3.63, 3.8) is 0 Å². The molecule has 3 heteroatoms. The third-order valence-corrected chi connectivity index (χ3v) is 7.37. The Hall–Kier alpha value is -3.20. The summed E-state index contributed by atoms with van der Waals surface area (Å²) in [5.74, 6) is -0.867. The molecule has 3 aromatic carbocycles. The first-order chi connectivity index (χ1) is 14.2. The summed E-state index contributed by atoms with van der Waals surface area (Å²) in [7, 11) is 0. The highest BCUT2D eigenvalue weighted by Gasteiger charge is 2.67. The molecule has 3 aromatic rings.